The van der Waals surface area contributed by atoms with Crippen LogP contribution in [0.15, 0.2) is 51.4 Å². The number of nitrogens with one attached hydrogen (secondary N) is 1. The van der Waals surface area contributed by atoms with Crippen molar-refractivity contribution in [1.29, 1.82) is 0 Å². The van der Waals surface area contributed by atoms with Crippen LogP contribution in [0.4, 0.5) is 0 Å². The molecule has 0 saturated heterocycles. The molecule has 2 aromatic heterocycles. The minimum atomic E-state index is 0.771. The lowest BCUT2D eigenvalue weighted by Gasteiger charge is -1.92. The first kappa shape index (κ1) is 14.6. The van der Waals surface area contributed by atoms with Crippen LogP contribution in [0, 0.1) is 0 Å². The molecule has 6 heteroatoms. The summed E-state index contributed by atoms with van der Waals surface area (Å²) in [6.07, 6.45) is 3.96. The van der Waals surface area contributed by atoms with Crippen LogP contribution < -0.4 is 0 Å². The Bertz CT molecular complexity index is 734. The molecular weight excluding hydrogens is 366 g/mol. The van der Waals surface area contributed by atoms with Gasteiger partial charge in [-0.05, 0) is 39.7 Å². The standard InChI is InChI=1S/C15H12BrN3S2/c16-13-8-7-12(21-13)10-20-15-17-14(18-19-15)9-6-11-4-2-1-3-5-11/h1-9H,10H2,(H,17,18,19)/b9-6+. The second kappa shape index (κ2) is 7.06. The van der Waals surface area contributed by atoms with Crippen molar-refractivity contribution in [2.75, 3.05) is 0 Å². The molecule has 0 atom stereocenters. The highest BCUT2D eigenvalue weighted by Gasteiger charge is 2.04. The Hall–Kier alpha value is -1.37. The molecule has 3 nitrogen and oxygen atoms in total. The van der Waals surface area contributed by atoms with E-state index in [1.165, 1.54) is 4.88 Å². The third-order valence-corrected chi connectivity index (χ3v) is 5.39. The SMILES string of the molecule is Brc1ccc(CSc2n[nH]c(/C=C/c3ccccc3)n2)s1. The predicted octanol–water partition coefficient (Wildman–Crippen LogP) is 5.09. The van der Waals surface area contributed by atoms with Gasteiger partial charge in [0.15, 0.2) is 0 Å². The zero-order valence-electron chi connectivity index (χ0n) is 11.0. The minimum Gasteiger partial charge on any atom is -0.259 e. The normalized spacial score (nSPS) is 11.3. The van der Waals surface area contributed by atoms with Crippen molar-refractivity contribution in [1.82, 2.24) is 15.2 Å². The lowest BCUT2D eigenvalue weighted by atomic mass is 10.2. The summed E-state index contributed by atoms with van der Waals surface area (Å²) in [5, 5.41) is 7.93. The number of benzene rings is 1. The maximum Gasteiger partial charge on any atom is 0.209 e. The van der Waals surface area contributed by atoms with Crippen molar-refractivity contribution >= 4 is 51.2 Å². The van der Waals surface area contributed by atoms with Crippen molar-refractivity contribution in [3.8, 4) is 0 Å². The lowest BCUT2D eigenvalue weighted by molar-refractivity contribution is 0.972. The quantitative estimate of drug-likeness (QED) is 0.629. The average Bonchev–Trinajstić information content (AvgIpc) is 3.13. The number of halogens is 1. The summed E-state index contributed by atoms with van der Waals surface area (Å²) in [7, 11) is 0. The van der Waals surface area contributed by atoms with Crippen LogP contribution >= 0.6 is 39.0 Å². The first-order valence-electron chi connectivity index (χ1n) is 6.32. The number of aromatic nitrogens is 3. The largest absolute Gasteiger partial charge is 0.259 e. The van der Waals surface area contributed by atoms with E-state index in [1.54, 1.807) is 23.1 Å². The molecule has 0 fully saturated rings. The van der Waals surface area contributed by atoms with Gasteiger partial charge in [-0.15, -0.1) is 16.4 Å². The molecule has 1 N–H and O–H groups in total. The maximum atomic E-state index is 4.45. The number of nitrogens with zero attached hydrogens (tertiary/aromatic N) is 2. The number of thiophene rings is 1. The topological polar surface area (TPSA) is 41.6 Å². The van der Waals surface area contributed by atoms with E-state index in [2.05, 4.69) is 55.4 Å². The van der Waals surface area contributed by atoms with E-state index < -0.39 is 0 Å². The van der Waals surface area contributed by atoms with E-state index in [0.717, 1.165) is 26.1 Å². The first-order valence-corrected chi connectivity index (χ1v) is 8.92. The number of thioether (sulfide) groups is 1. The summed E-state index contributed by atoms with van der Waals surface area (Å²) >= 11 is 6.84. The number of H-pyrrole nitrogens is 1. The van der Waals surface area contributed by atoms with Gasteiger partial charge in [-0.1, -0.05) is 48.2 Å². The van der Waals surface area contributed by atoms with Gasteiger partial charge in [0.1, 0.15) is 5.82 Å². The smallest absolute Gasteiger partial charge is 0.209 e. The van der Waals surface area contributed by atoms with Crippen LogP contribution in [0.1, 0.15) is 16.3 Å². The van der Waals surface area contributed by atoms with Crippen LogP contribution in [0.25, 0.3) is 12.2 Å². The van der Waals surface area contributed by atoms with Crippen LogP contribution in [0.5, 0.6) is 0 Å². The van der Waals surface area contributed by atoms with Gasteiger partial charge in [0.05, 0.1) is 3.79 Å². The van der Waals surface area contributed by atoms with Crippen LogP contribution in [0.3, 0.4) is 0 Å². The molecule has 0 spiro atoms. The molecule has 21 heavy (non-hydrogen) atoms. The number of hydrogen-bond donors (Lipinski definition) is 1. The molecule has 0 bridgehead atoms. The summed E-state index contributed by atoms with van der Waals surface area (Å²) in [4.78, 5) is 5.75. The van der Waals surface area contributed by atoms with Crippen molar-refractivity contribution < 1.29 is 0 Å². The zero-order valence-corrected chi connectivity index (χ0v) is 14.2. The van der Waals surface area contributed by atoms with Gasteiger partial charge >= 0.3 is 0 Å². The van der Waals surface area contributed by atoms with E-state index in [0.29, 0.717) is 0 Å². The summed E-state index contributed by atoms with van der Waals surface area (Å²) in [6.45, 7) is 0. The first-order chi connectivity index (χ1) is 10.3. The molecule has 0 radical (unpaired) electrons. The van der Waals surface area contributed by atoms with Crippen molar-refractivity contribution in [3.05, 3.63) is 62.5 Å². The Labute approximate surface area is 139 Å². The zero-order chi connectivity index (χ0) is 14.5. The number of rotatable bonds is 5. The highest BCUT2D eigenvalue weighted by molar-refractivity contribution is 9.11. The van der Waals surface area contributed by atoms with Crippen LogP contribution in [-0.2, 0) is 5.75 Å². The third-order valence-electron chi connectivity index (χ3n) is 2.69. The minimum absolute atomic E-state index is 0.771. The summed E-state index contributed by atoms with van der Waals surface area (Å²) in [5.41, 5.74) is 1.14. The Morgan fingerprint density at radius 2 is 2.00 bits per heavy atom. The Morgan fingerprint density at radius 1 is 1.14 bits per heavy atom. The van der Waals surface area contributed by atoms with Gasteiger partial charge in [0, 0.05) is 10.6 Å². The van der Waals surface area contributed by atoms with E-state index in [4.69, 9.17) is 0 Å². The summed E-state index contributed by atoms with van der Waals surface area (Å²) in [6, 6.07) is 14.3. The molecule has 0 unspecified atom stereocenters. The van der Waals surface area contributed by atoms with Gasteiger partial charge < -0.3 is 0 Å². The molecule has 0 saturated carbocycles. The van der Waals surface area contributed by atoms with Crippen molar-refractivity contribution in [3.63, 3.8) is 0 Å². The van der Waals surface area contributed by atoms with Crippen molar-refractivity contribution in [2.45, 2.75) is 10.9 Å². The molecule has 2 heterocycles. The van der Waals surface area contributed by atoms with Crippen LogP contribution in [0.2, 0.25) is 0 Å². The molecule has 106 valence electrons. The highest BCUT2D eigenvalue weighted by atomic mass is 79.9. The van der Waals surface area contributed by atoms with Crippen LogP contribution in [-0.4, -0.2) is 15.2 Å². The molecule has 0 aliphatic carbocycles. The third kappa shape index (κ3) is 4.30. The fraction of sp³-hybridized carbons (Fsp3) is 0.0667. The Kier molecular flexibility index (Phi) is 4.90. The second-order valence-electron chi connectivity index (χ2n) is 4.24. The molecule has 0 aliphatic rings. The Morgan fingerprint density at radius 3 is 2.76 bits per heavy atom. The van der Waals surface area contributed by atoms with E-state index in [1.807, 2.05) is 30.4 Å². The lowest BCUT2D eigenvalue weighted by Crippen LogP contribution is -1.77. The molecular formula is C15H12BrN3S2. The second-order valence-corrected chi connectivity index (χ2v) is 7.73. The van der Waals surface area contributed by atoms with Gasteiger partial charge in [0.2, 0.25) is 5.16 Å². The monoisotopic (exact) mass is 377 g/mol. The molecule has 3 rings (SSSR count). The summed E-state index contributed by atoms with van der Waals surface area (Å²) < 4.78 is 1.15. The molecule has 0 amide bonds. The van der Waals surface area contributed by atoms with Gasteiger partial charge in [-0.2, -0.15) is 0 Å². The van der Waals surface area contributed by atoms with E-state index in [-0.39, 0.29) is 0 Å². The molecule has 1 aromatic carbocycles. The molecule has 3 aromatic rings. The van der Waals surface area contributed by atoms with Crippen molar-refractivity contribution in [2.24, 2.45) is 0 Å². The fourth-order valence-electron chi connectivity index (χ4n) is 1.70. The summed E-state index contributed by atoms with van der Waals surface area (Å²) in [5.74, 6) is 1.66. The average molecular weight is 378 g/mol. The van der Waals surface area contributed by atoms with Gasteiger partial charge in [0.25, 0.3) is 0 Å². The predicted molar refractivity (Wildman–Crippen MR) is 93.3 cm³/mol. The van der Waals surface area contributed by atoms with Gasteiger partial charge in [-0.3, -0.25) is 5.10 Å². The Balaban J connectivity index is 1.60. The van der Waals surface area contributed by atoms with E-state index >= 15 is 0 Å². The van der Waals surface area contributed by atoms with Gasteiger partial charge in [-0.25, -0.2) is 4.98 Å². The number of hydrogen-bond acceptors (Lipinski definition) is 4. The molecule has 0 aliphatic heterocycles. The van der Waals surface area contributed by atoms with E-state index in [9.17, 15) is 0 Å². The maximum absolute atomic E-state index is 4.45. The highest BCUT2D eigenvalue weighted by Crippen LogP contribution is 2.27. The number of aromatic amines is 1. The fourth-order valence-corrected chi connectivity index (χ4v) is 4.03.